The molecule has 1 rings (SSSR count). The van der Waals surface area contributed by atoms with Crippen molar-refractivity contribution in [3.8, 4) is 0 Å². The largest absolute Gasteiger partial charge is 0.481 e. The summed E-state index contributed by atoms with van der Waals surface area (Å²) in [5.74, 6) is -0.423. The number of carboxylic acids is 1. The third-order valence-corrected chi connectivity index (χ3v) is 3.36. The highest BCUT2D eigenvalue weighted by Crippen LogP contribution is 2.22. The van der Waals surface area contributed by atoms with Gasteiger partial charge in [-0.3, -0.25) is 9.59 Å². The van der Waals surface area contributed by atoms with Gasteiger partial charge < -0.3 is 20.5 Å². The number of nitrogens with two attached hydrogens (primary N) is 1. The highest BCUT2D eigenvalue weighted by atomic mass is 16.5. The maximum absolute atomic E-state index is 11.9. The Morgan fingerprint density at radius 2 is 2.06 bits per heavy atom. The van der Waals surface area contributed by atoms with E-state index in [1.165, 1.54) is 7.11 Å². The number of likely N-dealkylation sites (tertiary alicyclic amines) is 1. The van der Waals surface area contributed by atoms with Crippen LogP contribution in [-0.4, -0.2) is 54.7 Å². The Morgan fingerprint density at radius 3 is 2.56 bits per heavy atom. The summed E-state index contributed by atoms with van der Waals surface area (Å²) >= 11 is 0. The molecule has 0 spiro atoms. The van der Waals surface area contributed by atoms with E-state index < -0.39 is 12.0 Å². The summed E-state index contributed by atoms with van der Waals surface area (Å²) in [4.78, 5) is 24.1. The third kappa shape index (κ3) is 4.62. The lowest BCUT2D eigenvalue weighted by Gasteiger charge is -2.33. The molecule has 0 aliphatic carbocycles. The van der Waals surface area contributed by atoms with E-state index in [2.05, 4.69) is 0 Å². The zero-order chi connectivity index (χ0) is 13.5. The normalized spacial score (nSPS) is 18.7. The number of carboxylic acid groups (broad SMARTS) is 1. The van der Waals surface area contributed by atoms with E-state index >= 15 is 0 Å². The Bertz CT molecular complexity index is 288. The molecule has 0 aromatic carbocycles. The quantitative estimate of drug-likeness (QED) is 0.703. The molecule has 0 aromatic rings. The van der Waals surface area contributed by atoms with E-state index in [0.717, 1.165) is 12.8 Å². The molecule has 1 unspecified atom stereocenters. The summed E-state index contributed by atoms with van der Waals surface area (Å²) in [7, 11) is 1.52. The molecule has 6 heteroatoms. The summed E-state index contributed by atoms with van der Waals surface area (Å²) in [5, 5.41) is 8.62. The van der Waals surface area contributed by atoms with E-state index in [1.807, 2.05) is 0 Å². The monoisotopic (exact) mass is 258 g/mol. The SMILES string of the molecule is COCC(N)C(=O)N1CCC(CCC(=O)O)CC1. The minimum absolute atomic E-state index is 0.0754. The molecule has 1 amide bonds. The van der Waals surface area contributed by atoms with Crippen LogP contribution in [0.1, 0.15) is 25.7 Å². The van der Waals surface area contributed by atoms with Gasteiger partial charge in [0.1, 0.15) is 6.04 Å². The first-order valence-corrected chi connectivity index (χ1v) is 6.29. The number of nitrogens with zero attached hydrogens (tertiary/aromatic N) is 1. The van der Waals surface area contributed by atoms with Crippen molar-refractivity contribution in [2.75, 3.05) is 26.8 Å². The fraction of sp³-hybridized carbons (Fsp3) is 0.833. The van der Waals surface area contributed by atoms with E-state index in [9.17, 15) is 9.59 Å². The average Bonchev–Trinajstić information content (AvgIpc) is 2.36. The molecule has 1 atom stereocenters. The lowest BCUT2D eigenvalue weighted by molar-refractivity contribution is -0.138. The van der Waals surface area contributed by atoms with Crippen LogP contribution in [0.3, 0.4) is 0 Å². The molecule has 0 bridgehead atoms. The van der Waals surface area contributed by atoms with E-state index in [-0.39, 0.29) is 18.9 Å². The van der Waals surface area contributed by atoms with Crippen molar-refractivity contribution in [1.82, 2.24) is 4.90 Å². The Balaban J connectivity index is 2.30. The number of amides is 1. The van der Waals surface area contributed by atoms with Gasteiger partial charge in [-0.25, -0.2) is 0 Å². The van der Waals surface area contributed by atoms with Gasteiger partial charge in [-0.1, -0.05) is 0 Å². The second-order valence-corrected chi connectivity index (χ2v) is 4.76. The Labute approximate surface area is 107 Å². The number of hydrogen-bond donors (Lipinski definition) is 2. The minimum Gasteiger partial charge on any atom is -0.481 e. The van der Waals surface area contributed by atoms with Crippen molar-refractivity contribution in [2.45, 2.75) is 31.7 Å². The molecule has 1 saturated heterocycles. The fourth-order valence-corrected chi connectivity index (χ4v) is 2.25. The fourth-order valence-electron chi connectivity index (χ4n) is 2.25. The second kappa shape index (κ2) is 7.33. The van der Waals surface area contributed by atoms with Gasteiger partial charge in [-0.2, -0.15) is 0 Å². The Hall–Kier alpha value is -1.14. The van der Waals surface area contributed by atoms with Crippen molar-refractivity contribution >= 4 is 11.9 Å². The molecule has 0 radical (unpaired) electrons. The average molecular weight is 258 g/mol. The Morgan fingerprint density at radius 1 is 1.44 bits per heavy atom. The summed E-state index contributed by atoms with van der Waals surface area (Å²) < 4.78 is 4.86. The molecule has 18 heavy (non-hydrogen) atoms. The van der Waals surface area contributed by atoms with Crippen LogP contribution in [-0.2, 0) is 14.3 Å². The molecular weight excluding hydrogens is 236 g/mol. The van der Waals surface area contributed by atoms with E-state index in [0.29, 0.717) is 25.4 Å². The van der Waals surface area contributed by atoms with Crippen LogP contribution in [0.2, 0.25) is 0 Å². The number of piperidine rings is 1. The van der Waals surface area contributed by atoms with Crippen LogP contribution in [0, 0.1) is 5.92 Å². The first-order valence-electron chi connectivity index (χ1n) is 6.29. The molecular formula is C12H22N2O4. The van der Waals surface area contributed by atoms with Crippen LogP contribution in [0.25, 0.3) is 0 Å². The van der Waals surface area contributed by atoms with Crippen molar-refractivity contribution in [1.29, 1.82) is 0 Å². The minimum atomic E-state index is -0.754. The van der Waals surface area contributed by atoms with Crippen molar-refractivity contribution in [2.24, 2.45) is 11.7 Å². The zero-order valence-electron chi connectivity index (χ0n) is 10.8. The van der Waals surface area contributed by atoms with Gasteiger partial charge in [0, 0.05) is 26.6 Å². The van der Waals surface area contributed by atoms with Gasteiger partial charge in [0.15, 0.2) is 0 Å². The summed E-state index contributed by atoms with van der Waals surface area (Å²) in [6, 6.07) is -0.592. The number of ether oxygens (including phenoxy) is 1. The predicted molar refractivity (Wildman–Crippen MR) is 66.0 cm³/mol. The van der Waals surface area contributed by atoms with Gasteiger partial charge >= 0.3 is 5.97 Å². The third-order valence-electron chi connectivity index (χ3n) is 3.36. The summed E-state index contributed by atoms with van der Waals surface area (Å²) in [6.45, 7) is 1.57. The van der Waals surface area contributed by atoms with Crippen LogP contribution in [0.15, 0.2) is 0 Å². The number of carbonyl (C=O) groups is 2. The number of rotatable bonds is 6. The van der Waals surface area contributed by atoms with Gasteiger partial charge in [-0.05, 0) is 25.2 Å². The van der Waals surface area contributed by atoms with Crippen LogP contribution < -0.4 is 5.73 Å². The lowest BCUT2D eigenvalue weighted by Crippen LogP contribution is -2.48. The predicted octanol–water partition coefficient (Wildman–Crippen LogP) is 0.0635. The number of carbonyl (C=O) groups excluding carboxylic acids is 1. The molecule has 0 saturated carbocycles. The van der Waals surface area contributed by atoms with E-state index in [1.54, 1.807) is 4.90 Å². The maximum atomic E-state index is 11.9. The maximum Gasteiger partial charge on any atom is 0.303 e. The van der Waals surface area contributed by atoms with Gasteiger partial charge in [-0.15, -0.1) is 0 Å². The molecule has 104 valence electrons. The molecule has 1 heterocycles. The van der Waals surface area contributed by atoms with Gasteiger partial charge in [0.2, 0.25) is 5.91 Å². The number of aliphatic carboxylic acids is 1. The first-order chi connectivity index (χ1) is 8.54. The standard InChI is InChI=1S/C12H22N2O4/c1-18-8-10(13)12(17)14-6-4-9(5-7-14)2-3-11(15)16/h9-10H,2-8,13H2,1H3,(H,15,16). The second-order valence-electron chi connectivity index (χ2n) is 4.76. The van der Waals surface area contributed by atoms with Crippen molar-refractivity contribution in [3.05, 3.63) is 0 Å². The van der Waals surface area contributed by atoms with Crippen LogP contribution in [0.4, 0.5) is 0 Å². The van der Waals surface area contributed by atoms with Crippen molar-refractivity contribution < 1.29 is 19.4 Å². The van der Waals surface area contributed by atoms with Crippen molar-refractivity contribution in [3.63, 3.8) is 0 Å². The number of methoxy groups -OCH3 is 1. The molecule has 3 N–H and O–H groups in total. The summed E-state index contributed by atoms with van der Waals surface area (Å²) in [5.41, 5.74) is 5.70. The molecule has 1 fully saturated rings. The first kappa shape index (κ1) is 14.9. The van der Waals surface area contributed by atoms with E-state index in [4.69, 9.17) is 15.6 Å². The lowest BCUT2D eigenvalue weighted by atomic mass is 9.92. The van der Waals surface area contributed by atoms with Gasteiger partial charge in [0.25, 0.3) is 0 Å². The summed E-state index contributed by atoms with van der Waals surface area (Å²) in [6.07, 6.45) is 2.63. The molecule has 1 aliphatic heterocycles. The van der Waals surface area contributed by atoms with Crippen LogP contribution >= 0.6 is 0 Å². The Kier molecular flexibility index (Phi) is 6.07. The topological polar surface area (TPSA) is 92.9 Å². The smallest absolute Gasteiger partial charge is 0.303 e. The van der Waals surface area contributed by atoms with Crippen LogP contribution in [0.5, 0.6) is 0 Å². The zero-order valence-corrected chi connectivity index (χ0v) is 10.8. The molecule has 6 nitrogen and oxygen atoms in total. The highest BCUT2D eigenvalue weighted by molar-refractivity contribution is 5.81. The number of hydrogen-bond acceptors (Lipinski definition) is 4. The molecule has 1 aliphatic rings. The van der Waals surface area contributed by atoms with Gasteiger partial charge in [0.05, 0.1) is 6.61 Å². The molecule has 0 aromatic heterocycles. The highest BCUT2D eigenvalue weighted by Gasteiger charge is 2.26.